The van der Waals surface area contributed by atoms with Gasteiger partial charge in [0.1, 0.15) is 28.6 Å². The van der Waals surface area contributed by atoms with Crippen LogP contribution in [0.4, 0.5) is 17.1 Å². The van der Waals surface area contributed by atoms with Crippen molar-refractivity contribution in [3.05, 3.63) is 54.6 Å². The van der Waals surface area contributed by atoms with Crippen molar-refractivity contribution in [1.82, 2.24) is 4.48 Å². The number of ether oxygens (including phenoxy) is 1. The summed E-state index contributed by atoms with van der Waals surface area (Å²) >= 11 is 0. The van der Waals surface area contributed by atoms with Gasteiger partial charge in [0.25, 0.3) is 0 Å². The fourth-order valence-electron chi connectivity index (χ4n) is 2.62. The second-order valence-corrected chi connectivity index (χ2v) is 6.72. The number of aromatic hydroxyl groups is 1. The predicted molar refractivity (Wildman–Crippen MR) is 110 cm³/mol. The third-order valence-corrected chi connectivity index (χ3v) is 4.07. The number of hydrogen-bond acceptors (Lipinski definition) is 4. The molecule has 0 saturated heterocycles. The number of hydrogen-bond donors (Lipinski definition) is 1. The fraction of sp³-hybridized carbons (Fsp3) is 0.200. The van der Waals surface area contributed by atoms with E-state index in [0.29, 0.717) is 21.6 Å². The first-order valence-electron chi connectivity index (χ1n) is 8.02. The molecule has 0 unspecified atom stereocenters. The molecule has 0 aliphatic heterocycles. The quantitative estimate of drug-likeness (QED) is 0.479. The van der Waals surface area contributed by atoms with Gasteiger partial charge in [-0.25, -0.2) is 0 Å². The maximum absolute atomic E-state index is 10.3. The number of nitrogens with zero attached hydrogens (tertiary/aromatic N) is 3. The van der Waals surface area contributed by atoms with Crippen LogP contribution >= 0.6 is 12.4 Å². The number of azo groups is 1. The van der Waals surface area contributed by atoms with E-state index in [1.165, 1.54) is 0 Å². The van der Waals surface area contributed by atoms with Crippen LogP contribution in [0.3, 0.4) is 0 Å². The molecule has 1 N–H and O–H groups in total. The van der Waals surface area contributed by atoms with Crippen LogP contribution in [-0.2, 0) is 0 Å². The van der Waals surface area contributed by atoms with Gasteiger partial charge in [0.15, 0.2) is 0 Å². The Bertz CT molecular complexity index is 949. The minimum Gasteiger partial charge on any atom is -0.506 e. The first-order chi connectivity index (χ1) is 11.9. The lowest BCUT2D eigenvalue weighted by atomic mass is 10.1. The Balaban J connectivity index is 0.00000243. The molecule has 0 radical (unpaired) electrons. The average Bonchev–Trinajstić information content (AvgIpc) is 2.60. The molecule has 0 amide bonds. The molecule has 0 aromatic heterocycles. The van der Waals surface area contributed by atoms with Gasteiger partial charge in [-0.05, 0) is 35.7 Å². The topological polar surface area (TPSA) is 54.2 Å². The number of methoxy groups -OCH3 is 1. The third-order valence-electron chi connectivity index (χ3n) is 4.07. The van der Waals surface area contributed by atoms with E-state index in [1.54, 1.807) is 13.2 Å². The molecule has 136 valence electrons. The Morgan fingerprint density at radius 3 is 2.31 bits per heavy atom. The predicted octanol–water partition coefficient (Wildman–Crippen LogP) is 5.59. The summed E-state index contributed by atoms with van der Waals surface area (Å²) in [6.07, 6.45) is 0. The number of phenols is 1. The molecule has 26 heavy (non-hydrogen) atoms. The Morgan fingerprint density at radius 2 is 1.62 bits per heavy atom. The molecule has 0 aliphatic rings. The molecule has 3 aromatic carbocycles. The van der Waals surface area contributed by atoms with E-state index in [0.717, 1.165) is 16.5 Å². The van der Waals surface area contributed by atoms with Crippen LogP contribution in [0.15, 0.2) is 64.8 Å². The minimum atomic E-state index is 0. The van der Waals surface area contributed by atoms with Crippen molar-refractivity contribution >= 4 is 40.2 Å². The summed E-state index contributed by atoms with van der Waals surface area (Å²) in [4.78, 5) is 0. The van der Waals surface area contributed by atoms with Crippen molar-refractivity contribution in [2.75, 3.05) is 28.3 Å². The Morgan fingerprint density at radius 1 is 0.923 bits per heavy atom. The number of para-hydroxylation sites is 1. The third kappa shape index (κ3) is 3.95. The Kier molecular flexibility index (Phi) is 5.85. The first-order valence-corrected chi connectivity index (χ1v) is 8.02. The minimum absolute atomic E-state index is 0. The number of rotatable bonds is 4. The summed E-state index contributed by atoms with van der Waals surface area (Å²) < 4.78 is 5.97. The zero-order valence-corrected chi connectivity index (χ0v) is 16.1. The van der Waals surface area contributed by atoms with Crippen LogP contribution in [0.25, 0.3) is 10.8 Å². The van der Waals surface area contributed by atoms with Crippen molar-refractivity contribution in [3.8, 4) is 11.5 Å². The highest BCUT2D eigenvalue weighted by atomic mass is 35.5. The van der Waals surface area contributed by atoms with Gasteiger partial charge in [0.2, 0.25) is 0 Å². The van der Waals surface area contributed by atoms with E-state index >= 15 is 0 Å². The largest absolute Gasteiger partial charge is 0.506 e. The zero-order valence-electron chi connectivity index (χ0n) is 15.3. The van der Waals surface area contributed by atoms with Gasteiger partial charge in [-0.15, -0.1) is 22.6 Å². The van der Waals surface area contributed by atoms with Crippen LogP contribution < -0.4 is 9.22 Å². The second-order valence-electron chi connectivity index (χ2n) is 6.72. The molecule has 0 bridgehead atoms. The number of quaternary nitrogens is 1. The zero-order chi connectivity index (χ0) is 18.0. The van der Waals surface area contributed by atoms with Gasteiger partial charge in [-0.2, -0.15) is 0 Å². The van der Waals surface area contributed by atoms with E-state index in [4.69, 9.17) is 4.74 Å². The Hall–Kier alpha value is -2.63. The molecule has 0 fully saturated rings. The molecular formula is C20H23ClN3O2+. The standard InChI is InChI=1S/C20H21N3O2.ClH/c1-23(2,3)15-11-9-14-10-12-18(24)20(16(14)13-15)22-21-17-7-5-6-8-19(17)25-4;/h5-13H,1-4H3;1H/p+1. The molecule has 0 atom stereocenters. The van der Waals surface area contributed by atoms with E-state index in [1.807, 2.05) is 42.5 Å². The van der Waals surface area contributed by atoms with Crippen LogP contribution in [0.1, 0.15) is 0 Å². The van der Waals surface area contributed by atoms with Crippen molar-refractivity contribution in [1.29, 1.82) is 0 Å². The summed E-state index contributed by atoms with van der Waals surface area (Å²) in [5, 5.41) is 20.8. The highest BCUT2D eigenvalue weighted by Crippen LogP contribution is 2.39. The lowest BCUT2D eigenvalue weighted by Gasteiger charge is -2.23. The van der Waals surface area contributed by atoms with Gasteiger partial charge < -0.3 is 9.84 Å². The van der Waals surface area contributed by atoms with Crippen LogP contribution in [0, 0.1) is 0 Å². The Labute approximate surface area is 159 Å². The number of halogens is 1. The summed E-state index contributed by atoms with van der Waals surface area (Å²) in [5.41, 5.74) is 2.19. The molecule has 0 spiro atoms. The van der Waals surface area contributed by atoms with Gasteiger partial charge in [0, 0.05) is 11.5 Å². The van der Waals surface area contributed by atoms with Crippen LogP contribution in [0.2, 0.25) is 0 Å². The van der Waals surface area contributed by atoms with Crippen molar-refractivity contribution in [3.63, 3.8) is 0 Å². The lowest BCUT2D eigenvalue weighted by Crippen LogP contribution is -2.34. The summed E-state index contributed by atoms with van der Waals surface area (Å²) in [5.74, 6) is 0.739. The van der Waals surface area contributed by atoms with E-state index in [9.17, 15) is 5.11 Å². The second kappa shape index (κ2) is 7.72. The molecule has 3 rings (SSSR count). The van der Waals surface area contributed by atoms with E-state index in [-0.39, 0.29) is 18.2 Å². The van der Waals surface area contributed by atoms with Gasteiger partial charge >= 0.3 is 0 Å². The van der Waals surface area contributed by atoms with Gasteiger partial charge in [-0.1, -0.05) is 18.2 Å². The SMILES string of the molecule is COc1ccccc1N=Nc1c(O)ccc2ccc([N+](C)(C)C)cc12.Cl. The maximum atomic E-state index is 10.3. The molecule has 5 nitrogen and oxygen atoms in total. The first kappa shape index (κ1) is 19.7. The maximum Gasteiger partial charge on any atom is 0.146 e. The summed E-state index contributed by atoms with van der Waals surface area (Å²) in [6, 6.07) is 17.1. The van der Waals surface area contributed by atoms with Crippen molar-refractivity contribution in [2.24, 2.45) is 10.2 Å². The van der Waals surface area contributed by atoms with Crippen molar-refractivity contribution < 1.29 is 9.84 Å². The number of benzene rings is 3. The fourth-order valence-corrected chi connectivity index (χ4v) is 2.62. The van der Waals surface area contributed by atoms with E-state index < -0.39 is 0 Å². The van der Waals surface area contributed by atoms with E-state index in [2.05, 4.69) is 37.4 Å². The molecule has 6 heteroatoms. The van der Waals surface area contributed by atoms with Crippen LogP contribution in [0.5, 0.6) is 11.5 Å². The van der Waals surface area contributed by atoms with Crippen LogP contribution in [-0.4, -0.2) is 33.4 Å². The summed E-state index contributed by atoms with van der Waals surface area (Å²) in [7, 11) is 7.89. The van der Waals surface area contributed by atoms with Gasteiger partial charge in [-0.3, -0.25) is 4.48 Å². The molecular weight excluding hydrogens is 350 g/mol. The summed E-state index contributed by atoms with van der Waals surface area (Å²) in [6.45, 7) is 0. The molecule has 0 saturated carbocycles. The smallest absolute Gasteiger partial charge is 0.146 e. The highest BCUT2D eigenvalue weighted by Gasteiger charge is 2.15. The van der Waals surface area contributed by atoms with Gasteiger partial charge in [0.05, 0.1) is 28.3 Å². The normalized spacial score (nSPS) is 11.5. The molecule has 0 heterocycles. The molecule has 0 aliphatic carbocycles. The number of phenolic OH excluding ortho intramolecular Hbond substituents is 1. The highest BCUT2D eigenvalue weighted by molar-refractivity contribution is 5.97. The molecule has 3 aromatic rings. The monoisotopic (exact) mass is 372 g/mol. The number of fused-ring (bicyclic) bond motifs is 1. The lowest BCUT2D eigenvalue weighted by molar-refractivity contribution is 0.416. The van der Waals surface area contributed by atoms with Crippen molar-refractivity contribution in [2.45, 2.75) is 0 Å². The average molecular weight is 373 g/mol.